The third kappa shape index (κ3) is 7.13. The largest absolute Gasteiger partial charge is 0.457 e. The second kappa shape index (κ2) is 12.3. The number of rotatable bonds is 6. The maximum absolute atomic E-state index is 12.5. The van der Waals surface area contributed by atoms with E-state index in [-0.39, 0.29) is 11.0 Å². The lowest BCUT2D eigenvalue weighted by Gasteiger charge is -2.37. The highest BCUT2D eigenvalue weighted by Gasteiger charge is 2.22. The minimum Gasteiger partial charge on any atom is -0.457 e. The van der Waals surface area contributed by atoms with Crippen molar-refractivity contribution in [1.82, 2.24) is 10.2 Å². The highest BCUT2D eigenvalue weighted by Crippen LogP contribution is 2.30. The highest BCUT2D eigenvalue weighted by atomic mass is 35.5. The van der Waals surface area contributed by atoms with Crippen LogP contribution in [0.4, 0.5) is 11.4 Å². The van der Waals surface area contributed by atoms with E-state index in [1.165, 1.54) is 6.08 Å². The molecule has 0 bridgehead atoms. The highest BCUT2D eigenvalue weighted by molar-refractivity contribution is 7.80. The van der Waals surface area contributed by atoms with E-state index >= 15 is 0 Å². The molecule has 1 fully saturated rings. The molecule has 1 aliphatic heterocycles. The SMILES string of the molecule is CCC(=O)N1CCN(c2ccc(Cl)cc2NC(=S)NC(=O)/C=C/c2ccc(-c3ccc(Cl)cc3)o2)CC1. The van der Waals surface area contributed by atoms with Gasteiger partial charge in [-0.05, 0) is 72.9 Å². The van der Waals surface area contributed by atoms with Gasteiger partial charge in [0.15, 0.2) is 5.11 Å². The van der Waals surface area contributed by atoms with Crippen LogP contribution in [0.3, 0.4) is 0 Å². The van der Waals surface area contributed by atoms with Gasteiger partial charge in [0, 0.05) is 54.3 Å². The van der Waals surface area contributed by atoms with Crippen molar-refractivity contribution in [2.24, 2.45) is 0 Å². The van der Waals surface area contributed by atoms with Gasteiger partial charge in [0.1, 0.15) is 11.5 Å². The summed E-state index contributed by atoms with van der Waals surface area (Å²) in [6.45, 7) is 4.53. The van der Waals surface area contributed by atoms with E-state index in [4.69, 9.17) is 39.8 Å². The summed E-state index contributed by atoms with van der Waals surface area (Å²) in [6, 6.07) is 16.4. The van der Waals surface area contributed by atoms with Gasteiger partial charge in [-0.15, -0.1) is 0 Å². The average Bonchev–Trinajstić information content (AvgIpc) is 3.37. The Morgan fingerprint density at radius 1 is 1.00 bits per heavy atom. The molecule has 2 aromatic carbocycles. The number of hydrogen-bond acceptors (Lipinski definition) is 5. The average molecular weight is 558 g/mol. The molecule has 7 nitrogen and oxygen atoms in total. The zero-order valence-corrected chi connectivity index (χ0v) is 22.5. The van der Waals surface area contributed by atoms with Gasteiger partial charge < -0.3 is 19.5 Å². The molecule has 2 heterocycles. The number of nitrogens with one attached hydrogen (secondary N) is 2. The summed E-state index contributed by atoms with van der Waals surface area (Å²) >= 11 is 17.5. The van der Waals surface area contributed by atoms with Gasteiger partial charge in [-0.3, -0.25) is 14.9 Å². The summed E-state index contributed by atoms with van der Waals surface area (Å²) in [4.78, 5) is 28.5. The van der Waals surface area contributed by atoms with Crippen LogP contribution in [-0.2, 0) is 9.59 Å². The first-order valence-corrected chi connectivity index (χ1v) is 13.0. The summed E-state index contributed by atoms with van der Waals surface area (Å²) in [7, 11) is 0. The van der Waals surface area contributed by atoms with Crippen LogP contribution < -0.4 is 15.5 Å². The topological polar surface area (TPSA) is 77.8 Å². The smallest absolute Gasteiger partial charge is 0.250 e. The third-order valence-corrected chi connectivity index (χ3v) is 6.56. The Labute approximate surface area is 231 Å². The Morgan fingerprint density at radius 3 is 2.41 bits per heavy atom. The molecule has 0 saturated carbocycles. The molecule has 1 aromatic heterocycles. The van der Waals surface area contributed by atoms with E-state index < -0.39 is 5.91 Å². The van der Waals surface area contributed by atoms with Crippen molar-refractivity contribution < 1.29 is 14.0 Å². The molecule has 37 heavy (non-hydrogen) atoms. The molecule has 1 saturated heterocycles. The fourth-order valence-electron chi connectivity index (χ4n) is 3.98. The molecule has 4 rings (SSSR count). The predicted octanol–water partition coefficient (Wildman–Crippen LogP) is 5.84. The van der Waals surface area contributed by atoms with Crippen molar-refractivity contribution >= 4 is 69.8 Å². The second-order valence-corrected chi connectivity index (χ2v) is 9.65. The van der Waals surface area contributed by atoms with Gasteiger partial charge >= 0.3 is 0 Å². The van der Waals surface area contributed by atoms with Crippen molar-refractivity contribution in [3.8, 4) is 11.3 Å². The number of furan rings is 1. The van der Waals surface area contributed by atoms with Gasteiger partial charge in [-0.2, -0.15) is 0 Å². The first-order valence-electron chi connectivity index (χ1n) is 11.8. The Bertz CT molecular complexity index is 1320. The maximum Gasteiger partial charge on any atom is 0.250 e. The number of nitrogens with zero attached hydrogens (tertiary/aromatic N) is 2. The monoisotopic (exact) mass is 556 g/mol. The van der Waals surface area contributed by atoms with E-state index in [1.54, 1.807) is 36.4 Å². The predicted molar refractivity (Wildman–Crippen MR) is 153 cm³/mol. The summed E-state index contributed by atoms with van der Waals surface area (Å²) < 4.78 is 5.78. The number of benzene rings is 2. The van der Waals surface area contributed by atoms with Gasteiger partial charge in [-0.1, -0.05) is 30.1 Å². The Morgan fingerprint density at radius 2 is 1.70 bits per heavy atom. The zero-order chi connectivity index (χ0) is 26.4. The maximum atomic E-state index is 12.5. The van der Waals surface area contributed by atoms with E-state index in [2.05, 4.69) is 15.5 Å². The summed E-state index contributed by atoms with van der Waals surface area (Å²) in [5.41, 5.74) is 2.45. The van der Waals surface area contributed by atoms with Gasteiger partial charge in [-0.25, -0.2) is 0 Å². The van der Waals surface area contributed by atoms with Crippen molar-refractivity contribution in [2.45, 2.75) is 13.3 Å². The molecule has 10 heteroatoms. The number of halogens is 2. The van der Waals surface area contributed by atoms with E-state index in [1.807, 2.05) is 36.1 Å². The summed E-state index contributed by atoms with van der Waals surface area (Å²) in [6.07, 6.45) is 3.42. The third-order valence-electron chi connectivity index (χ3n) is 5.87. The molecule has 1 aliphatic rings. The van der Waals surface area contributed by atoms with Crippen LogP contribution in [0.15, 0.2) is 65.1 Å². The fraction of sp³-hybridized carbons (Fsp3) is 0.222. The number of amides is 2. The molecule has 2 amide bonds. The molecule has 0 unspecified atom stereocenters. The van der Waals surface area contributed by atoms with Crippen LogP contribution in [0.25, 0.3) is 17.4 Å². The second-order valence-electron chi connectivity index (χ2n) is 8.37. The summed E-state index contributed by atoms with van der Waals surface area (Å²) in [5.74, 6) is 0.943. The van der Waals surface area contributed by atoms with E-state index in [0.717, 1.165) is 11.3 Å². The quantitative estimate of drug-likeness (QED) is 0.293. The number of anilines is 2. The van der Waals surface area contributed by atoms with Gasteiger partial charge in [0.05, 0.1) is 11.4 Å². The van der Waals surface area contributed by atoms with E-state index in [9.17, 15) is 9.59 Å². The van der Waals surface area contributed by atoms with Crippen molar-refractivity contribution in [2.75, 3.05) is 36.4 Å². The minimum atomic E-state index is -0.405. The van der Waals surface area contributed by atoms with Crippen LogP contribution in [0.5, 0.6) is 0 Å². The van der Waals surface area contributed by atoms with Crippen LogP contribution in [0.2, 0.25) is 10.0 Å². The minimum absolute atomic E-state index is 0.138. The molecular weight excluding hydrogens is 531 g/mol. The zero-order valence-electron chi connectivity index (χ0n) is 20.2. The number of thiocarbonyl (C=S) groups is 1. The van der Waals surface area contributed by atoms with Crippen LogP contribution in [0.1, 0.15) is 19.1 Å². The van der Waals surface area contributed by atoms with Gasteiger partial charge in [0.2, 0.25) is 11.8 Å². The van der Waals surface area contributed by atoms with Gasteiger partial charge in [0.25, 0.3) is 0 Å². The van der Waals surface area contributed by atoms with Crippen molar-refractivity contribution in [1.29, 1.82) is 0 Å². The lowest BCUT2D eigenvalue weighted by Crippen LogP contribution is -2.48. The Kier molecular flexibility index (Phi) is 8.87. The molecule has 2 N–H and O–H groups in total. The number of piperazine rings is 1. The molecule has 0 spiro atoms. The van der Waals surface area contributed by atoms with E-state index in [0.29, 0.717) is 59.9 Å². The lowest BCUT2D eigenvalue weighted by atomic mass is 10.2. The fourth-order valence-corrected chi connectivity index (χ4v) is 4.49. The first kappa shape index (κ1) is 26.7. The molecule has 0 aliphatic carbocycles. The van der Waals surface area contributed by atoms with Crippen LogP contribution in [0, 0.1) is 0 Å². The number of hydrogen-bond donors (Lipinski definition) is 2. The van der Waals surface area contributed by atoms with Crippen LogP contribution in [-0.4, -0.2) is 48.0 Å². The van der Waals surface area contributed by atoms with Crippen molar-refractivity contribution in [3.05, 3.63) is 76.5 Å². The number of carbonyl (C=O) groups is 2. The summed E-state index contributed by atoms with van der Waals surface area (Å²) in [5, 5.41) is 7.04. The Balaban J connectivity index is 1.35. The molecule has 0 atom stereocenters. The first-order chi connectivity index (χ1) is 17.8. The number of carbonyl (C=O) groups excluding carboxylic acids is 2. The molecule has 192 valence electrons. The van der Waals surface area contributed by atoms with Crippen LogP contribution >= 0.6 is 35.4 Å². The Hall–Kier alpha value is -3.33. The molecular formula is C27H26Cl2N4O3S. The lowest BCUT2D eigenvalue weighted by molar-refractivity contribution is -0.131. The van der Waals surface area contributed by atoms with Crippen molar-refractivity contribution in [3.63, 3.8) is 0 Å². The molecule has 0 radical (unpaired) electrons. The normalized spacial score (nSPS) is 13.6. The standard InChI is InChI=1S/C27H26Cl2N4O3S/c1-2-26(35)33-15-13-32(14-16-33)23-10-7-20(29)17-22(23)30-27(37)31-25(34)12-9-21-8-11-24(36-21)18-3-5-19(28)6-4-18/h3-12,17H,2,13-16H2,1H3,(H2,30,31,34,37)/b12-9+. The molecule has 3 aromatic rings.